The molecule has 5 nitrogen and oxygen atoms in total. The fourth-order valence-corrected chi connectivity index (χ4v) is 4.21. The van der Waals surface area contributed by atoms with E-state index in [-0.39, 0.29) is 18.1 Å². The van der Waals surface area contributed by atoms with E-state index < -0.39 is 0 Å². The number of nitrogens with zero attached hydrogens (tertiary/aromatic N) is 1. The first-order valence-corrected chi connectivity index (χ1v) is 10.7. The van der Waals surface area contributed by atoms with Crippen LogP contribution in [0.3, 0.4) is 0 Å². The number of benzene rings is 2. The van der Waals surface area contributed by atoms with Crippen LogP contribution in [-0.2, 0) is 4.74 Å². The second kappa shape index (κ2) is 9.90. The van der Waals surface area contributed by atoms with Crippen LogP contribution in [0.4, 0.5) is 0 Å². The van der Waals surface area contributed by atoms with Crippen molar-refractivity contribution in [1.29, 1.82) is 0 Å². The Morgan fingerprint density at radius 1 is 1.07 bits per heavy atom. The van der Waals surface area contributed by atoms with Crippen molar-refractivity contribution in [1.82, 2.24) is 10.2 Å². The molecule has 4 rings (SSSR count). The lowest BCUT2D eigenvalue weighted by Crippen LogP contribution is -2.37. The molecule has 2 fully saturated rings. The number of ether oxygens (including phenoxy) is 2. The number of hydrogen-bond donors (Lipinski definition) is 1. The molecule has 0 radical (unpaired) electrons. The van der Waals surface area contributed by atoms with Gasteiger partial charge in [0.1, 0.15) is 12.4 Å². The first-order valence-electron chi connectivity index (χ1n) is 10.7. The van der Waals surface area contributed by atoms with Gasteiger partial charge in [0.05, 0.1) is 17.7 Å². The van der Waals surface area contributed by atoms with E-state index in [9.17, 15) is 4.79 Å². The summed E-state index contributed by atoms with van der Waals surface area (Å²) in [6, 6.07) is 18.1. The Labute approximate surface area is 173 Å². The molecule has 2 atom stereocenters. The van der Waals surface area contributed by atoms with Crippen molar-refractivity contribution in [2.45, 2.75) is 37.8 Å². The maximum atomic E-state index is 13.0. The maximum absolute atomic E-state index is 13.0. The molecular formula is C24H30N2O3. The first-order chi connectivity index (χ1) is 14.3. The molecule has 0 saturated carbocycles. The highest BCUT2D eigenvalue weighted by Gasteiger charge is 2.24. The number of rotatable bonds is 8. The van der Waals surface area contributed by atoms with Crippen molar-refractivity contribution >= 4 is 5.91 Å². The van der Waals surface area contributed by atoms with Crippen LogP contribution in [0.2, 0.25) is 0 Å². The van der Waals surface area contributed by atoms with Gasteiger partial charge < -0.3 is 14.8 Å². The Morgan fingerprint density at radius 2 is 1.83 bits per heavy atom. The molecule has 0 aromatic heterocycles. The molecule has 2 aromatic rings. The summed E-state index contributed by atoms with van der Waals surface area (Å²) in [5.41, 5.74) is 1.83. The van der Waals surface area contributed by atoms with Gasteiger partial charge in [0.2, 0.25) is 0 Å². The number of nitrogens with one attached hydrogen (secondary N) is 1. The second-order valence-electron chi connectivity index (χ2n) is 7.82. The Kier molecular flexibility index (Phi) is 6.80. The summed E-state index contributed by atoms with van der Waals surface area (Å²) >= 11 is 0. The average molecular weight is 395 g/mol. The fraction of sp³-hybridized carbons (Fsp3) is 0.458. The van der Waals surface area contributed by atoms with Crippen molar-refractivity contribution in [2.75, 3.05) is 32.8 Å². The lowest BCUT2D eigenvalue weighted by molar-refractivity contribution is 0.0670. The Hall–Kier alpha value is -2.37. The highest BCUT2D eigenvalue weighted by atomic mass is 16.5. The smallest absolute Gasteiger partial charge is 0.255 e. The summed E-state index contributed by atoms with van der Waals surface area (Å²) < 4.78 is 11.6. The standard InChI is InChI=1S/C24H30N2O3/c27-24(21-12-4-5-13-23(21)29-18-20-11-8-16-28-20)25-17-22(26-14-6-7-15-26)19-9-2-1-3-10-19/h1-5,9-10,12-13,20,22H,6-8,11,14-18H2,(H,25,27)/t20-,22+/m1/s1. The Morgan fingerprint density at radius 3 is 2.59 bits per heavy atom. The van der Waals surface area contributed by atoms with E-state index in [0.717, 1.165) is 32.5 Å². The quantitative estimate of drug-likeness (QED) is 0.740. The highest BCUT2D eigenvalue weighted by molar-refractivity contribution is 5.96. The van der Waals surface area contributed by atoms with Gasteiger partial charge in [-0.3, -0.25) is 9.69 Å². The van der Waals surface area contributed by atoms with Gasteiger partial charge in [-0.2, -0.15) is 0 Å². The first kappa shape index (κ1) is 19.9. The van der Waals surface area contributed by atoms with Crippen molar-refractivity contribution < 1.29 is 14.3 Å². The zero-order valence-corrected chi connectivity index (χ0v) is 16.9. The van der Waals surface area contributed by atoms with E-state index in [4.69, 9.17) is 9.47 Å². The summed E-state index contributed by atoms with van der Waals surface area (Å²) in [5.74, 6) is 0.533. The van der Waals surface area contributed by atoms with Gasteiger partial charge in [0.15, 0.2) is 0 Å². The minimum Gasteiger partial charge on any atom is -0.490 e. The van der Waals surface area contributed by atoms with Crippen LogP contribution in [0.1, 0.15) is 47.6 Å². The van der Waals surface area contributed by atoms with E-state index in [1.54, 1.807) is 0 Å². The molecule has 2 aromatic carbocycles. The zero-order valence-electron chi connectivity index (χ0n) is 16.9. The van der Waals surface area contributed by atoms with Crippen molar-refractivity contribution in [3.05, 3.63) is 65.7 Å². The molecule has 2 heterocycles. The fourth-order valence-electron chi connectivity index (χ4n) is 4.21. The molecule has 2 saturated heterocycles. The number of carbonyl (C=O) groups excluding carboxylic acids is 1. The molecule has 0 spiro atoms. The lowest BCUT2D eigenvalue weighted by Gasteiger charge is -2.28. The van der Waals surface area contributed by atoms with E-state index in [1.165, 1.54) is 18.4 Å². The normalized spacial score (nSPS) is 20.5. The topological polar surface area (TPSA) is 50.8 Å². The minimum absolute atomic E-state index is 0.0898. The molecule has 2 aliphatic heterocycles. The van der Waals surface area contributed by atoms with Gasteiger partial charge in [-0.15, -0.1) is 0 Å². The lowest BCUT2D eigenvalue weighted by atomic mass is 10.1. The Bertz CT molecular complexity index is 784. The highest BCUT2D eigenvalue weighted by Crippen LogP contribution is 2.25. The van der Waals surface area contributed by atoms with Crippen LogP contribution in [0.25, 0.3) is 0 Å². The van der Waals surface area contributed by atoms with Crippen LogP contribution >= 0.6 is 0 Å². The van der Waals surface area contributed by atoms with E-state index in [1.807, 2.05) is 30.3 Å². The molecule has 1 N–H and O–H groups in total. The van der Waals surface area contributed by atoms with Gasteiger partial charge in [0, 0.05) is 13.2 Å². The summed E-state index contributed by atoms with van der Waals surface area (Å²) in [5, 5.41) is 3.15. The number of para-hydroxylation sites is 1. The van der Waals surface area contributed by atoms with Crippen molar-refractivity contribution in [2.24, 2.45) is 0 Å². The summed E-state index contributed by atoms with van der Waals surface area (Å²) in [7, 11) is 0. The van der Waals surface area contributed by atoms with Gasteiger partial charge in [-0.1, -0.05) is 42.5 Å². The van der Waals surface area contributed by atoms with Crippen LogP contribution in [0.15, 0.2) is 54.6 Å². The Balaban J connectivity index is 1.41. The summed E-state index contributed by atoms with van der Waals surface area (Å²) in [4.78, 5) is 15.4. The molecule has 1 amide bonds. The molecule has 2 aliphatic rings. The van der Waals surface area contributed by atoms with E-state index >= 15 is 0 Å². The SMILES string of the molecule is O=C(NC[C@@H](c1ccccc1)N1CCCC1)c1ccccc1OC[C@H]1CCCO1. The third-order valence-corrected chi connectivity index (χ3v) is 5.80. The molecule has 29 heavy (non-hydrogen) atoms. The van der Waals surface area contributed by atoms with Crippen LogP contribution in [-0.4, -0.2) is 49.8 Å². The van der Waals surface area contributed by atoms with E-state index in [0.29, 0.717) is 24.5 Å². The predicted molar refractivity (Wildman–Crippen MR) is 113 cm³/mol. The van der Waals surface area contributed by atoms with Crippen molar-refractivity contribution in [3.63, 3.8) is 0 Å². The van der Waals surface area contributed by atoms with Gasteiger partial charge in [0.25, 0.3) is 5.91 Å². The number of amides is 1. The molecular weight excluding hydrogens is 364 g/mol. The number of likely N-dealkylation sites (tertiary alicyclic amines) is 1. The maximum Gasteiger partial charge on any atom is 0.255 e. The third kappa shape index (κ3) is 5.17. The third-order valence-electron chi connectivity index (χ3n) is 5.80. The van der Waals surface area contributed by atoms with E-state index in [2.05, 4.69) is 34.5 Å². The van der Waals surface area contributed by atoms with Crippen LogP contribution in [0.5, 0.6) is 5.75 Å². The zero-order chi connectivity index (χ0) is 19.9. The second-order valence-corrected chi connectivity index (χ2v) is 7.82. The average Bonchev–Trinajstić information content (AvgIpc) is 3.48. The van der Waals surface area contributed by atoms with Crippen LogP contribution in [0, 0.1) is 0 Å². The molecule has 0 aliphatic carbocycles. The van der Waals surface area contributed by atoms with Crippen molar-refractivity contribution in [3.8, 4) is 5.75 Å². The number of hydrogen-bond acceptors (Lipinski definition) is 4. The van der Waals surface area contributed by atoms with Gasteiger partial charge in [-0.25, -0.2) is 0 Å². The molecule has 0 unspecified atom stereocenters. The minimum atomic E-state index is -0.0898. The van der Waals surface area contributed by atoms with Gasteiger partial charge in [-0.05, 0) is 56.5 Å². The number of carbonyl (C=O) groups is 1. The molecule has 0 bridgehead atoms. The largest absolute Gasteiger partial charge is 0.490 e. The summed E-state index contributed by atoms with van der Waals surface area (Å²) in [6.07, 6.45) is 4.66. The predicted octanol–water partition coefficient (Wildman–Crippen LogP) is 3.81. The molecule has 5 heteroatoms. The summed E-state index contributed by atoms with van der Waals surface area (Å²) in [6.45, 7) is 4.04. The monoisotopic (exact) mass is 394 g/mol. The molecule has 154 valence electrons. The van der Waals surface area contributed by atoms with Crippen LogP contribution < -0.4 is 10.1 Å². The van der Waals surface area contributed by atoms with Gasteiger partial charge >= 0.3 is 0 Å².